The molecule has 2 fully saturated rings. The molecule has 2 aliphatic rings. The third-order valence-corrected chi connectivity index (χ3v) is 7.34. The lowest BCUT2D eigenvalue weighted by Gasteiger charge is -2.32. The summed E-state index contributed by atoms with van der Waals surface area (Å²) in [7, 11) is 0. The molecule has 204 valence electrons. The molecule has 3 heterocycles. The summed E-state index contributed by atoms with van der Waals surface area (Å²) in [6.07, 6.45) is 4.57. The number of carbonyl (C=O) groups excluding carboxylic acids is 3. The number of aliphatic imine (C=N–C) groups is 1. The van der Waals surface area contributed by atoms with Crippen molar-refractivity contribution >= 4 is 40.1 Å². The first-order valence-corrected chi connectivity index (χ1v) is 13.7. The minimum Gasteiger partial charge on any atom is -0.460 e. The highest BCUT2D eigenvalue weighted by Crippen LogP contribution is 2.33. The van der Waals surface area contributed by atoms with E-state index in [-0.39, 0.29) is 23.5 Å². The minimum atomic E-state index is -0.754. The molecule has 0 aliphatic carbocycles. The van der Waals surface area contributed by atoms with E-state index in [4.69, 9.17) is 4.74 Å². The molecule has 8 nitrogen and oxygen atoms in total. The summed E-state index contributed by atoms with van der Waals surface area (Å²) in [4.78, 5) is 45.0. The van der Waals surface area contributed by atoms with Crippen LogP contribution in [0.4, 0.5) is 5.69 Å². The summed E-state index contributed by atoms with van der Waals surface area (Å²) in [5, 5.41) is 3.41. The van der Waals surface area contributed by atoms with Gasteiger partial charge in [-0.1, -0.05) is 36.4 Å². The molecule has 0 saturated carbocycles. The van der Waals surface area contributed by atoms with Gasteiger partial charge in [0.25, 0.3) is 5.91 Å². The number of fused-ring (bicyclic) bond motifs is 1. The van der Waals surface area contributed by atoms with E-state index < -0.39 is 17.4 Å². The number of hydrogen-bond donors (Lipinski definition) is 1. The van der Waals surface area contributed by atoms with E-state index >= 15 is 0 Å². The number of para-hydroxylation sites is 2. The number of likely N-dealkylation sites (tertiary alicyclic amines) is 1. The van der Waals surface area contributed by atoms with Crippen LogP contribution >= 0.6 is 0 Å². The Bertz CT molecular complexity index is 1390. The Morgan fingerprint density at radius 2 is 1.69 bits per heavy atom. The number of carbonyl (C=O) groups is 3. The van der Waals surface area contributed by atoms with Gasteiger partial charge in [-0.2, -0.15) is 0 Å². The van der Waals surface area contributed by atoms with Crippen LogP contribution in [0, 0.1) is 5.92 Å². The van der Waals surface area contributed by atoms with Gasteiger partial charge in [0.2, 0.25) is 5.91 Å². The maximum Gasteiger partial charge on any atom is 0.309 e. The zero-order chi connectivity index (χ0) is 27.6. The van der Waals surface area contributed by atoms with Crippen molar-refractivity contribution in [2.24, 2.45) is 10.9 Å². The molecule has 3 aromatic rings. The Balaban J connectivity index is 1.28. The second-order valence-corrected chi connectivity index (χ2v) is 11.4. The molecular formula is C31H36N4O4. The Morgan fingerprint density at radius 3 is 2.41 bits per heavy atom. The molecule has 1 N–H and O–H groups in total. The van der Waals surface area contributed by atoms with Crippen molar-refractivity contribution in [2.75, 3.05) is 19.6 Å². The smallest absolute Gasteiger partial charge is 0.309 e. The molecule has 2 aliphatic heterocycles. The number of aromatic nitrogens is 1. The number of imide groups is 1. The van der Waals surface area contributed by atoms with Crippen LogP contribution < -0.4 is 5.32 Å². The van der Waals surface area contributed by atoms with Crippen LogP contribution in [0.1, 0.15) is 51.5 Å². The van der Waals surface area contributed by atoms with E-state index in [2.05, 4.69) is 19.8 Å². The molecule has 0 bridgehead atoms. The normalized spacial score (nSPS) is 20.1. The van der Waals surface area contributed by atoms with Gasteiger partial charge in [0.15, 0.2) is 0 Å². The van der Waals surface area contributed by atoms with Gasteiger partial charge in [0.1, 0.15) is 17.2 Å². The van der Waals surface area contributed by atoms with Crippen LogP contribution in [0.3, 0.4) is 0 Å². The van der Waals surface area contributed by atoms with Crippen molar-refractivity contribution < 1.29 is 19.1 Å². The van der Waals surface area contributed by atoms with Gasteiger partial charge in [0.05, 0.1) is 11.6 Å². The maximum atomic E-state index is 12.9. The van der Waals surface area contributed by atoms with Crippen LogP contribution in [0.2, 0.25) is 0 Å². The summed E-state index contributed by atoms with van der Waals surface area (Å²) in [5.41, 5.74) is 2.24. The van der Waals surface area contributed by atoms with Crippen LogP contribution in [-0.2, 0) is 25.7 Å². The molecule has 5 rings (SSSR count). The predicted molar refractivity (Wildman–Crippen MR) is 151 cm³/mol. The zero-order valence-electron chi connectivity index (χ0n) is 22.9. The second-order valence-electron chi connectivity index (χ2n) is 11.4. The standard InChI is InChI=1S/C31H36N4O4/c1-31(2,3)39-30(38)21-14-18-34(19-15-21)16-9-17-35-20-24(23-12-7-8-13-25(23)35)26-27(29(37)33-28(26)36)32-22-10-5-4-6-11-22/h4-8,10-13,20-21,26H,9,14-19H2,1-3H3,(H,33,36,37). The van der Waals surface area contributed by atoms with E-state index in [0.717, 1.165) is 61.9 Å². The molecule has 2 aromatic carbocycles. The first-order valence-electron chi connectivity index (χ1n) is 13.7. The molecule has 1 unspecified atom stereocenters. The average molecular weight is 529 g/mol. The van der Waals surface area contributed by atoms with Crippen molar-refractivity contribution in [3.05, 3.63) is 66.4 Å². The quantitative estimate of drug-likeness (QED) is 0.358. The van der Waals surface area contributed by atoms with Crippen molar-refractivity contribution in [3.8, 4) is 0 Å². The minimum absolute atomic E-state index is 0.0246. The first-order chi connectivity index (χ1) is 18.7. The Hall–Kier alpha value is -3.78. The molecule has 1 aromatic heterocycles. The van der Waals surface area contributed by atoms with Crippen LogP contribution in [0.15, 0.2) is 65.8 Å². The van der Waals surface area contributed by atoms with E-state index in [0.29, 0.717) is 5.69 Å². The number of benzene rings is 2. The number of amides is 2. The van der Waals surface area contributed by atoms with Gasteiger partial charge >= 0.3 is 5.97 Å². The fourth-order valence-corrected chi connectivity index (χ4v) is 5.48. The van der Waals surface area contributed by atoms with Gasteiger partial charge in [-0.25, -0.2) is 4.99 Å². The summed E-state index contributed by atoms with van der Waals surface area (Å²) in [5.74, 6) is -1.65. The monoisotopic (exact) mass is 528 g/mol. The lowest BCUT2D eigenvalue weighted by atomic mass is 9.95. The second kappa shape index (κ2) is 11.1. The highest BCUT2D eigenvalue weighted by Gasteiger charge is 2.41. The number of hydrogen-bond acceptors (Lipinski definition) is 6. The topological polar surface area (TPSA) is 93.0 Å². The summed E-state index contributed by atoms with van der Waals surface area (Å²) >= 11 is 0. The zero-order valence-corrected chi connectivity index (χ0v) is 22.9. The maximum absolute atomic E-state index is 12.9. The third-order valence-electron chi connectivity index (χ3n) is 7.34. The Kier molecular flexibility index (Phi) is 7.66. The first kappa shape index (κ1) is 26.8. The molecule has 2 amide bonds. The Labute approximate surface area is 229 Å². The van der Waals surface area contributed by atoms with E-state index in [9.17, 15) is 14.4 Å². The molecule has 2 saturated heterocycles. The number of nitrogens with zero attached hydrogens (tertiary/aromatic N) is 3. The SMILES string of the molecule is CC(C)(C)OC(=O)C1CCN(CCCn2cc(C3C(=O)NC(=O)C3=Nc3ccccc3)c3ccccc32)CC1. The fourth-order valence-electron chi connectivity index (χ4n) is 5.48. The number of aryl methyl sites for hydroxylation is 1. The summed E-state index contributed by atoms with van der Waals surface area (Å²) in [6.45, 7) is 9.18. The summed E-state index contributed by atoms with van der Waals surface area (Å²) in [6, 6.07) is 17.2. The van der Waals surface area contributed by atoms with Gasteiger partial charge in [-0.15, -0.1) is 0 Å². The molecular weight excluding hydrogens is 492 g/mol. The van der Waals surface area contributed by atoms with Crippen LogP contribution in [0.5, 0.6) is 0 Å². The van der Waals surface area contributed by atoms with E-state index in [1.54, 1.807) is 0 Å². The van der Waals surface area contributed by atoms with E-state index in [1.807, 2.05) is 81.6 Å². The van der Waals surface area contributed by atoms with Crippen molar-refractivity contribution in [2.45, 2.75) is 58.1 Å². The van der Waals surface area contributed by atoms with Gasteiger partial charge in [-0.05, 0) is 83.4 Å². The largest absolute Gasteiger partial charge is 0.460 e. The number of nitrogens with one attached hydrogen (secondary N) is 1. The number of esters is 1. The molecule has 1 atom stereocenters. The number of ether oxygens (including phenoxy) is 1. The van der Waals surface area contributed by atoms with Crippen molar-refractivity contribution in [1.29, 1.82) is 0 Å². The Morgan fingerprint density at radius 1 is 1.00 bits per heavy atom. The van der Waals surface area contributed by atoms with Gasteiger partial charge in [-0.3, -0.25) is 19.7 Å². The van der Waals surface area contributed by atoms with Gasteiger partial charge < -0.3 is 14.2 Å². The summed E-state index contributed by atoms with van der Waals surface area (Å²) < 4.78 is 7.75. The molecule has 0 spiro atoms. The lowest BCUT2D eigenvalue weighted by Crippen LogP contribution is -2.39. The highest BCUT2D eigenvalue weighted by molar-refractivity contribution is 6.52. The molecule has 0 radical (unpaired) electrons. The van der Waals surface area contributed by atoms with Crippen molar-refractivity contribution in [3.63, 3.8) is 0 Å². The highest BCUT2D eigenvalue weighted by atomic mass is 16.6. The van der Waals surface area contributed by atoms with Crippen molar-refractivity contribution in [1.82, 2.24) is 14.8 Å². The molecule has 8 heteroatoms. The van der Waals surface area contributed by atoms with Gasteiger partial charge in [0, 0.05) is 23.6 Å². The predicted octanol–water partition coefficient (Wildman–Crippen LogP) is 4.60. The lowest BCUT2D eigenvalue weighted by molar-refractivity contribution is -0.161. The molecule has 39 heavy (non-hydrogen) atoms. The van der Waals surface area contributed by atoms with E-state index in [1.165, 1.54) is 0 Å². The third kappa shape index (κ3) is 6.11. The number of rotatable bonds is 7. The van der Waals surface area contributed by atoms with Crippen LogP contribution in [0.25, 0.3) is 10.9 Å². The average Bonchev–Trinajstić information content (AvgIpc) is 3.39. The van der Waals surface area contributed by atoms with Crippen LogP contribution in [-0.4, -0.2) is 58.2 Å². The fraction of sp³-hybridized carbons (Fsp3) is 0.419. The number of piperidine rings is 1.